The Labute approximate surface area is 155 Å². The van der Waals surface area contributed by atoms with Crippen LogP contribution < -0.4 is 10.6 Å². The van der Waals surface area contributed by atoms with E-state index in [9.17, 15) is 4.39 Å². The van der Waals surface area contributed by atoms with Crippen molar-refractivity contribution in [3.8, 4) is 6.07 Å². The second-order valence-corrected chi connectivity index (χ2v) is 5.80. The Bertz CT molecular complexity index is 961. The van der Waals surface area contributed by atoms with E-state index in [2.05, 4.69) is 15.6 Å². The summed E-state index contributed by atoms with van der Waals surface area (Å²) in [7, 11) is 0. The number of nitriles is 1. The number of hydrogen-bond donors (Lipinski definition) is 2. The molecule has 0 fully saturated rings. The predicted molar refractivity (Wildman–Crippen MR) is 103 cm³/mol. The van der Waals surface area contributed by atoms with Crippen molar-refractivity contribution in [3.05, 3.63) is 83.1 Å². The molecule has 6 heteroatoms. The van der Waals surface area contributed by atoms with Crippen LogP contribution in [0.4, 0.5) is 27.4 Å². The van der Waals surface area contributed by atoms with Crippen LogP contribution in [0.25, 0.3) is 6.08 Å². The zero-order valence-electron chi connectivity index (χ0n) is 13.6. The molecule has 3 aromatic rings. The lowest BCUT2D eigenvalue weighted by molar-refractivity contribution is 0.627. The van der Waals surface area contributed by atoms with E-state index in [0.717, 1.165) is 11.3 Å². The lowest BCUT2D eigenvalue weighted by Gasteiger charge is -2.10. The van der Waals surface area contributed by atoms with Crippen LogP contribution in [-0.4, -0.2) is 4.98 Å². The molecular weight excluding hydrogens is 351 g/mol. The van der Waals surface area contributed by atoms with Crippen molar-refractivity contribution in [2.45, 2.75) is 0 Å². The number of benzene rings is 2. The van der Waals surface area contributed by atoms with E-state index in [1.165, 1.54) is 12.1 Å². The number of allylic oxidation sites excluding steroid dienone is 1. The quantitative estimate of drug-likeness (QED) is 0.553. The molecule has 26 heavy (non-hydrogen) atoms. The van der Waals surface area contributed by atoms with Gasteiger partial charge in [-0.3, -0.25) is 0 Å². The first-order valence-electron chi connectivity index (χ1n) is 7.76. The Hall–Kier alpha value is -3.36. The number of nitrogens with zero attached hydrogens (tertiary/aromatic N) is 2. The van der Waals surface area contributed by atoms with Crippen LogP contribution in [0.15, 0.2) is 66.7 Å². The Kier molecular flexibility index (Phi) is 5.47. The second kappa shape index (κ2) is 8.15. The number of halogens is 2. The summed E-state index contributed by atoms with van der Waals surface area (Å²) >= 11 is 5.85. The van der Waals surface area contributed by atoms with Gasteiger partial charge in [-0.25, -0.2) is 9.37 Å². The van der Waals surface area contributed by atoms with E-state index in [1.807, 2.05) is 30.3 Å². The lowest BCUT2D eigenvalue weighted by Crippen LogP contribution is -2.00. The molecule has 0 radical (unpaired) electrons. The van der Waals surface area contributed by atoms with Gasteiger partial charge in [0.2, 0.25) is 0 Å². The Morgan fingerprint density at radius 3 is 2.27 bits per heavy atom. The molecule has 1 heterocycles. The maximum Gasteiger partial charge on any atom is 0.168 e. The van der Waals surface area contributed by atoms with Crippen molar-refractivity contribution in [2.75, 3.05) is 10.6 Å². The van der Waals surface area contributed by atoms with Crippen LogP contribution in [0.5, 0.6) is 0 Å². The standard InChI is InChI=1S/C20H14ClFN4/c21-15-5-9-17(10-6-15)25-20-18(22)11-12-19(26-20)24-16-7-3-14(4-8-16)2-1-13-23/h1-12H,(H2,24,25,26)/b2-1+. The van der Waals surface area contributed by atoms with E-state index in [4.69, 9.17) is 16.9 Å². The van der Waals surface area contributed by atoms with Gasteiger partial charge in [-0.05, 0) is 60.2 Å². The molecule has 3 rings (SSSR count). The first kappa shape index (κ1) is 17.5. The Morgan fingerprint density at radius 2 is 1.58 bits per heavy atom. The molecular formula is C20H14ClFN4. The minimum absolute atomic E-state index is 0.117. The number of pyridine rings is 1. The summed E-state index contributed by atoms with van der Waals surface area (Å²) in [5, 5.41) is 15.2. The van der Waals surface area contributed by atoms with E-state index >= 15 is 0 Å². The fourth-order valence-electron chi connectivity index (χ4n) is 2.23. The first-order valence-corrected chi connectivity index (χ1v) is 8.14. The van der Waals surface area contributed by atoms with Crippen LogP contribution in [0.1, 0.15) is 5.56 Å². The van der Waals surface area contributed by atoms with Gasteiger partial charge >= 0.3 is 0 Å². The summed E-state index contributed by atoms with van der Waals surface area (Å²) in [5.74, 6) is 0.163. The van der Waals surface area contributed by atoms with E-state index < -0.39 is 5.82 Å². The molecule has 0 bridgehead atoms. The highest BCUT2D eigenvalue weighted by Crippen LogP contribution is 2.23. The lowest BCUT2D eigenvalue weighted by atomic mass is 10.2. The van der Waals surface area contributed by atoms with Crippen molar-refractivity contribution in [1.82, 2.24) is 4.98 Å². The molecule has 2 aromatic carbocycles. The summed E-state index contributed by atoms with van der Waals surface area (Å²) in [6.45, 7) is 0. The molecule has 1 aromatic heterocycles. The second-order valence-electron chi connectivity index (χ2n) is 5.37. The third-order valence-corrected chi connectivity index (χ3v) is 3.74. The molecule has 0 saturated heterocycles. The highest BCUT2D eigenvalue weighted by molar-refractivity contribution is 6.30. The summed E-state index contributed by atoms with van der Waals surface area (Å²) in [6, 6.07) is 19.2. The van der Waals surface area contributed by atoms with Crippen LogP contribution in [0, 0.1) is 17.1 Å². The molecule has 128 valence electrons. The largest absolute Gasteiger partial charge is 0.340 e. The topological polar surface area (TPSA) is 60.7 Å². The number of nitrogens with one attached hydrogen (secondary N) is 2. The number of rotatable bonds is 5. The van der Waals surface area contributed by atoms with E-state index in [1.54, 1.807) is 36.4 Å². The normalized spacial score (nSPS) is 10.5. The maximum absolute atomic E-state index is 14.0. The number of hydrogen-bond acceptors (Lipinski definition) is 4. The zero-order chi connectivity index (χ0) is 18.4. The summed E-state index contributed by atoms with van der Waals surface area (Å²) in [5.41, 5.74) is 2.40. The smallest absolute Gasteiger partial charge is 0.168 e. The van der Waals surface area contributed by atoms with Gasteiger partial charge in [-0.2, -0.15) is 5.26 Å². The molecule has 0 saturated carbocycles. The van der Waals surface area contributed by atoms with Crippen LogP contribution in [-0.2, 0) is 0 Å². The number of anilines is 4. The predicted octanol–water partition coefficient (Wildman–Crippen LogP) is 5.90. The average molecular weight is 365 g/mol. The van der Waals surface area contributed by atoms with Gasteiger partial charge in [-0.15, -0.1) is 0 Å². The van der Waals surface area contributed by atoms with Crippen LogP contribution in [0.3, 0.4) is 0 Å². The maximum atomic E-state index is 14.0. The van der Waals surface area contributed by atoms with Gasteiger partial charge in [0.1, 0.15) is 5.82 Å². The molecule has 0 amide bonds. The van der Waals surface area contributed by atoms with Crippen molar-refractivity contribution in [3.63, 3.8) is 0 Å². The highest BCUT2D eigenvalue weighted by Gasteiger charge is 2.06. The van der Waals surface area contributed by atoms with Gasteiger partial charge < -0.3 is 10.6 Å². The van der Waals surface area contributed by atoms with Gasteiger partial charge in [0.15, 0.2) is 11.6 Å². The molecule has 0 unspecified atom stereocenters. The molecule has 0 spiro atoms. The summed E-state index contributed by atoms with van der Waals surface area (Å²) in [4.78, 5) is 4.27. The third-order valence-electron chi connectivity index (χ3n) is 3.49. The van der Waals surface area contributed by atoms with Crippen molar-refractivity contribution in [2.24, 2.45) is 0 Å². The molecule has 0 aliphatic carbocycles. The SMILES string of the molecule is N#C/C=C/c1ccc(Nc2ccc(F)c(Nc3ccc(Cl)cc3)n2)cc1. The molecule has 0 aliphatic rings. The third kappa shape index (κ3) is 4.59. The summed E-state index contributed by atoms with van der Waals surface area (Å²) < 4.78 is 14.0. The Balaban J connectivity index is 1.75. The van der Waals surface area contributed by atoms with Gasteiger partial charge in [0.25, 0.3) is 0 Å². The van der Waals surface area contributed by atoms with Gasteiger partial charge in [0.05, 0.1) is 6.07 Å². The van der Waals surface area contributed by atoms with Crippen LogP contribution in [0.2, 0.25) is 5.02 Å². The minimum atomic E-state index is -0.456. The minimum Gasteiger partial charge on any atom is -0.340 e. The molecule has 4 nitrogen and oxygen atoms in total. The number of aromatic nitrogens is 1. The van der Waals surface area contributed by atoms with E-state index in [0.29, 0.717) is 16.5 Å². The fourth-order valence-corrected chi connectivity index (χ4v) is 2.35. The van der Waals surface area contributed by atoms with Gasteiger partial charge in [-0.1, -0.05) is 23.7 Å². The van der Waals surface area contributed by atoms with E-state index in [-0.39, 0.29) is 5.82 Å². The van der Waals surface area contributed by atoms with Crippen molar-refractivity contribution >= 4 is 40.7 Å². The molecule has 0 atom stereocenters. The van der Waals surface area contributed by atoms with Crippen LogP contribution >= 0.6 is 11.6 Å². The van der Waals surface area contributed by atoms with Gasteiger partial charge in [0, 0.05) is 22.5 Å². The van der Waals surface area contributed by atoms with Crippen molar-refractivity contribution < 1.29 is 4.39 Å². The highest BCUT2D eigenvalue weighted by atomic mass is 35.5. The monoisotopic (exact) mass is 364 g/mol. The molecule has 0 aliphatic heterocycles. The summed E-state index contributed by atoms with van der Waals surface area (Å²) in [6.07, 6.45) is 3.13. The molecule has 2 N–H and O–H groups in total. The zero-order valence-corrected chi connectivity index (χ0v) is 14.3. The fraction of sp³-hybridized carbons (Fsp3) is 0. The Morgan fingerprint density at radius 1 is 0.923 bits per heavy atom. The average Bonchev–Trinajstić information content (AvgIpc) is 2.66. The first-order chi connectivity index (χ1) is 12.6. The van der Waals surface area contributed by atoms with Crippen molar-refractivity contribution in [1.29, 1.82) is 5.26 Å².